The Hall–Kier alpha value is -3.88. The third-order valence-electron chi connectivity index (χ3n) is 4.12. The molecule has 0 aliphatic carbocycles. The van der Waals surface area contributed by atoms with E-state index in [4.69, 9.17) is 10.5 Å². The number of ether oxygens (including phenoxy) is 1. The maximum atomic E-state index is 12.5. The average Bonchev–Trinajstić information content (AvgIpc) is 2.72. The van der Waals surface area contributed by atoms with E-state index in [1.807, 2.05) is 6.07 Å². The molecule has 0 bridgehead atoms. The van der Waals surface area contributed by atoms with E-state index in [0.29, 0.717) is 5.56 Å². The molecule has 0 fully saturated rings. The largest absolute Gasteiger partial charge is 0.480 e. The lowest BCUT2D eigenvalue weighted by Crippen LogP contribution is -2.53. The minimum atomic E-state index is -1.37. The van der Waals surface area contributed by atoms with E-state index < -0.39 is 42.4 Å². The van der Waals surface area contributed by atoms with Gasteiger partial charge in [0.25, 0.3) is 0 Å². The van der Waals surface area contributed by atoms with Gasteiger partial charge < -0.3 is 26.2 Å². The van der Waals surface area contributed by atoms with Gasteiger partial charge in [0.2, 0.25) is 11.8 Å². The molecular weight excluding hydrogens is 390 g/mol. The molecule has 0 aromatic heterocycles. The van der Waals surface area contributed by atoms with Crippen LogP contribution in [-0.4, -0.2) is 41.1 Å². The molecule has 0 saturated heterocycles. The summed E-state index contributed by atoms with van der Waals surface area (Å²) in [4.78, 5) is 47.4. The highest BCUT2D eigenvalue weighted by Crippen LogP contribution is 2.05. The van der Waals surface area contributed by atoms with Crippen molar-refractivity contribution in [2.45, 2.75) is 31.5 Å². The van der Waals surface area contributed by atoms with Crippen molar-refractivity contribution >= 4 is 23.9 Å². The Balaban J connectivity index is 1.99. The highest BCUT2D eigenvalue weighted by atomic mass is 16.5. The van der Waals surface area contributed by atoms with E-state index in [0.717, 1.165) is 5.56 Å². The second kappa shape index (κ2) is 11.2. The zero-order valence-corrected chi connectivity index (χ0v) is 16.1. The van der Waals surface area contributed by atoms with Gasteiger partial charge in [-0.3, -0.25) is 9.59 Å². The smallest absolute Gasteiger partial charge is 0.408 e. The Morgan fingerprint density at radius 3 is 1.97 bits per heavy atom. The minimum absolute atomic E-state index is 0.0314. The zero-order chi connectivity index (χ0) is 21.9. The predicted molar refractivity (Wildman–Crippen MR) is 107 cm³/mol. The molecule has 9 nitrogen and oxygen atoms in total. The molecule has 2 aromatic rings. The summed E-state index contributed by atoms with van der Waals surface area (Å²) >= 11 is 0. The molecule has 0 aliphatic rings. The molecule has 2 aromatic carbocycles. The zero-order valence-electron chi connectivity index (χ0n) is 16.1. The number of carboxylic acids is 1. The van der Waals surface area contributed by atoms with Crippen LogP contribution in [0.3, 0.4) is 0 Å². The minimum Gasteiger partial charge on any atom is -0.480 e. The van der Waals surface area contributed by atoms with E-state index in [9.17, 15) is 24.3 Å². The quantitative estimate of drug-likeness (QED) is 0.456. The van der Waals surface area contributed by atoms with Gasteiger partial charge in [0, 0.05) is 6.42 Å². The summed E-state index contributed by atoms with van der Waals surface area (Å²) in [6, 6.07) is 15.0. The second-order valence-corrected chi connectivity index (χ2v) is 6.52. The van der Waals surface area contributed by atoms with Gasteiger partial charge >= 0.3 is 12.1 Å². The van der Waals surface area contributed by atoms with Crippen molar-refractivity contribution in [1.29, 1.82) is 0 Å². The average molecular weight is 413 g/mol. The van der Waals surface area contributed by atoms with Crippen molar-refractivity contribution in [3.05, 3.63) is 71.8 Å². The molecule has 9 heteroatoms. The number of nitrogens with one attached hydrogen (secondary N) is 2. The molecule has 2 unspecified atom stereocenters. The van der Waals surface area contributed by atoms with Gasteiger partial charge in [0.05, 0.1) is 6.42 Å². The molecular formula is C21H23N3O6. The van der Waals surface area contributed by atoms with Crippen LogP contribution in [0.5, 0.6) is 0 Å². The maximum Gasteiger partial charge on any atom is 0.408 e. The SMILES string of the molecule is NC(=O)CC(NC(=O)OCc1ccccc1)C(=O)NC(Cc1ccccc1)C(=O)O. The summed E-state index contributed by atoms with van der Waals surface area (Å²) in [7, 11) is 0. The lowest BCUT2D eigenvalue weighted by Gasteiger charge is -2.20. The second-order valence-electron chi connectivity index (χ2n) is 6.52. The summed E-state index contributed by atoms with van der Waals surface area (Å²) < 4.78 is 5.04. The van der Waals surface area contributed by atoms with Crippen LogP contribution in [0.2, 0.25) is 0 Å². The van der Waals surface area contributed by atoms with Crippen LogP contribution >= 0.6 is 0 Å². The van der Waals surface area contributed by atoms with Gasteiger partial charge in [-0.05, 0) is 11.1 Å². The number of carbonyl (C=O) groups is 4. The standard InChI is InChI=1S/C21H23N3O6/c22-18(25)12-16(24-21(29)30-13-15-9-5-2-6-10-15)19(26)23-17(20(27)28)11-14-7-3-1-4-8-14/h1-10,16-17H,11-13H2,(H2,22,25)(H,23,26)(H,24,29)(H,27,28). The number of hydrogen-bond donors (Lipinski definition) is 4. The van der Waals surface area contributed by atoms with Crippen molar-refractivity contribution in [2.24, 2.45) is 5.73 Å². The first-order valence-corrected chi connectivity index (χ1v) is 9.17. The highest BCUT2D eigenvalue weighted by molar-refractivity contribution is 5.92. The molecule has 2 rings (SSSR count). The number of carboxylic acid groups (broad SMARTS) is 1. The van der Waals surface area contributed by atoms with Crippen LogP contribution in [0.25, 0.3) is 0 Å². The van der Waals surface area contributed by atoms with Gasteiger partial charge in [-0.1, -0.05) is 60.7 Å². The molecule has 0 saturated carbocycles. The molecule has 5 N–H and O–H groups in total. The van der Waals surface area contributed by atoms with E-state index >= 15 is 0 Å². The van der Waals surface area contributed by atoms with E-state index in [1.165, 1.54) is 0 Å². The fraction of sp³-hybridized carbons (Fsp3) is 0.238. The van der Waals surface area contributed by atoms with Crippen LogP contribution in [0.1, 0.15) is 17.5 Å². The first-order valence-electron chi connectivity index (χ1n) is 9.17. The Labute approximate surface area is 173 Å². The number of amides is 3. The van der Waals surface area contributed by atoms with E-state index in [1.54, 1.807) is 54.6 Å². The molecule has 0 spiro atoms. The fourth-order valence-electron chi connectivity index (χ4n) is 2.64. The highest BCUT2D eigenvalue weighted by Gasteiger charge is 2.28. The molecule has 2 atom stereocenters. The number of rotatable bonds is 10. The maximum absolute atomic E-state index is 12.5. The predicted octanol–water partition coefficient (Wildman–Crippen LogP) is 0.969. The monoisotopic (exact) mass is 413 g/mol. The summed E-state index contributed by atoms with van der Waals surface area (Å²) in [6.45, 7) is -0.0384. The van der Waals surface area contributed by atoms with Crippen molar-refractivity contribution < 1.29 is 29.0 Å². The van der Waals surface area contributed by atoms with Crippen molar-refractivity contribution in [3.63, 3.8) is 0 Å². The Kier molecular flexibility index (Phi) is 8.37. The van der Waals surface area contributed by atoms with Crippen LogP contribution < -0.4 is 16.4 Å². The van der Waals surface area contributed by atoms with Gasteiger partial charge in [-0.15, -0.1) is 0 Å². The topological polar surface area (TPSA) is 148 Å². The lowest BCUT2D eigenvalue weighted by atomic mass is 10.1. The Bertz CT molecular complexity index is 873. The van der Waals surface area contributed by atoms with Crippen LogP contribution in [0, 0.1) is 0 Å². The normalized spacial score (nSPS) is 12.3. The van der Waals surface area contributed by atoms with Crippen molar-refractivity contribution in [2.75, 3.05) is 0 Å². The molecule has 30 heavy (non-hydrogen) atoms. The third-order valence-corrected chi connectivity index (χ3v) is 4.12. The number of hydrogen-bond acceptors (Lipinski definition) is 5. The Morgan fingerprint density at radius 1 is 0.867 bits per heavy atom. The molecule has 3 amide bonds. The van der Waals surface area contributed by atoms with Gasteiger partial charge in [-0.25, -0.2) is 9.59 Å². The van der Waals surface area contributed by atoms with Crippen molar-refractivity contribution in [3.8, 4) is 0 Å². The molecule has 158 valence electrons. The Morgan fingerprint density at radius 2 is 1.43 bits per heavy atom. The summed E-state index contributed by atoms with van der Waals surface area (Å²) in [5, 5.41) is 14.0. The third kappa shape index (κ3) is 7.63. The van der Waals surface area contributed by atoms with Gasteiger partial charge in [0.1, 0.15) is 18.7 Å². The lowest BCUT2D eigenvalue weighted by molar-refractivity contribution is -0.142. The van der Waals surface area contributed by atoms with E-state index in [-0.39, 0.29) is 13.0 Å². The number of aliphatic carboxylic acids is 1. The van der Waals surface area contributed by atoms with Crippen LogP contribution in [0.15, 0.2) is 60.7 Å². The number of carbonyl (C=O) groups excluding carboxylic acids is 3. The first-order chi connectivity index (χ1) is 14.3. The summed E-state index contributed by atoms with van der Waals surface area (Å²) in [6.07, 6.45) is -1.41. The summed E-state index contributed by atoms with van der Waals surface area (Å²) in [5.41, 5.74) is 6.59. The molecule has 0 aliphatic heterocycles. The number of alkyl carbamates (subject to hydrolysis) is 1. The first kappa shape index (κ1) is 22.4. The van der Waals surface area contributed by atoms with Crippen LogP contribution in [-0.2, 0) is 32.1 Å². The van der Waals surface area contributed by atoms with Gasteiger partial charge in [-0.2, -0.15) is 0 Å². The van der Waals surface area contributed by atoms with Crippen molar-refractivity contribution in [1.82, 2.24) is 10.6 Å². The fourth-order valence-corrected chi connectivity index (χ4v) is 2.64. The number of primary amides is 1. The van der Waals surface area contributed by atoms with Gasteiger partial charge in [0.15, 0.2) is 0 Å². The number of benzene rings is 2. The molecule has 0 heterocycles. The molecule has 0 radical (unpaired) electrons. The van der Waals surface area contributed by atoms with Crippen LogP contribution in [0.4, 0.5) is 4.79 Å². The number of nitrogens with two attached hydrogens (primary N) is 1. The summed E-state index contributed by atoms with van der Waals surface area (Å²) in [5.74, 6) is -2.95. The van der Waals surface area contributed by atoms with E-state index in [2.05, 4.69) is 10.6 Å².